The first-order valence-corrected chi connectivity index (χ1v) is 7.32. The average Bonchev–Trinajstić information content (AvgIpc) is 2.88. The van der Waals surface area contributed by atoms with Crippen molar-refractivity contribution in [1.29, 1.82) is 0 Å². The summed E-state index contributed by atoms with van der Waals surface area (Å²) in [5.41, 5.74) is -0.325. The number of rotatable bonds is 4. The van der Waals surface area contributed by atoms with Crippen molar-refractivity contribution in [2.24, 2.45) is 5.41 Å². The number of nitrogens with zero attached hydrogens (tertiary/aromatic N) is 2. The lowest BCUT2D eigenvalue weighted by Gasteiger charge is -2.40. The molecular weight excluding hydrogens is 278 g/mol. The van der Waals surface area contributed by atoms with Crippen LogP contribution in [0.3, 0.4) is 0 Å². The lowest BCUT2D eigenvalue weighted by Crippen LogP contribution is -2.55. The van der Waals surface area contributed by atoms with Crippen LogP contribution in [0.1, 0.15) is 20.3 Å². The Morgan fingerprint density at radius 3 is 2.40 bits per heavy atom. The average molecular weight is 306 g/mol. The summed E-state index contributed by atoms with van der Waals surface area (Å²) in [5.74, 6) is 0.280. The molecule has 2 heterocycles. The molecule has 0 spiro atoms. The quantitative estimate of drug-likeness (QED) is 0.825. The second-order valence-corrected chi connectivity index (χ2v) is 6.06. The van der Waals surface area contributed by atoms with Crippen LogP contribution in [0.5, 0.6) is 0 Å². The Hall–Kier alpha value is -0.360. The number of amides is 1. The Balaban J connectivity index is 0.00000200. The van der Waals surface area contributed by atoms with Gasteiger partial charge in [-0.15, -0.1) is 12.4 Å². The highest BCUT2D eigenvalue weighted by molar-refractivity contribution is 5.85. The van der Waals surface area contributed by atoms with E-state index in [1.807, 2.05) is 4.90 Å². The Labute approximate surface area is 128 Å². The first-order valence-electron chi connectivity index (χ1n) is 7.32. The summed E-state index contributed by atoms with van der Waals surface area (Å²) >= 11 is 0. The van der Waals surface area contributed by atoms with E-state index in [1.165, 1.54) is 0 Å². The summed E-state index contributed by atoms with van der Waals surface area (Å²) in [5, 5.41) is 3.31. The highest BCUT2D eigenvalue weighted by atomic mass is 35.5. The molecule has 2 rings (SSSR count). The van der Waals surface area contributed by atoms with Gasteiger partial charge in [-0.3, -0.25) is 9.69 Å². The summed E-state index contributed by atoms with van der Waals surface area (Å²) in [6.07, 6.45) is 0.893. The second kappa shape index (κ2) is 7.59. The van der Waals surface area contributed by atoms with Crippen LogP contribution in [0, 0.1) is 5.41 Å². The van der Waals surface area contributed by atoms with Crippen molar-refractivity contribution in [3.63, 3.8) is 0 Å². The first kappa shape index (κ1) is 17.7. The van der Waals surface area contributed by atoms with Crippen molar-refractivity contribution in [1.82, 2.24) is 15.1 Å². The number of halogens is 1. The number of hydrogen-bond donors (Lipinski definition) is 1. The zero-order valence-electron chi connectivity index (χ0n) is 12.9. The molecule has 1 N–H and O–H groups in total. The highest BCUT2D eigenvalue weighted by Crippen LogP contribution is 2.29. The predicted octanol–water partition coefficient (Wildman–Crippen LogP) is 0.587. The molecule has 1 atom stereocenters. The lowest BCUT2D eigenvalue weighted by molar-refractivity contribution is -0.146. The van der Waals surface area contributed by atoms with Crippen molar-refractivity contribution < 1.29 is 9.53 Å². The highest BCUT2D eigenvalue weighted by Gasteiger charge is 2.44. The molecule has 2 aliphatic rings. The van der Waals surface area contributed by atoms with Gasteiger partial charge in [0.05, 0.1) is 12.0 Å². The predicted molar refractivity (Wildman–Crippen MR) is 82.3 cm³/mol. The van der Waals surface area contributed by atoms with Crippen LogP contribution in [-0.4, -0.2) is 74.7 Å². The summed E-state index contributed by atoms with van der Waals surface area (Å²) in [6.45, 7) is 10.3. The molecule has 0 bridgehead atoms. The fourth-order valence-electron chi connectivity index (χ4n) is 3.16. The number of nitrogens with one attached hydrogen (secondary N) is 1. The molecule has 0 aromatic rings. The number of carbonyl (C=O) groups is 1. The minimum Gasteiger partial charge on any atom is -0.384 e. The van der Waals surface area contributed by atoms with E-state index in [9.17, 15) is 4.79 Å². The summed E-state index contributed by atoms with van der Waals surface area (Å²) < 4.78 is 5.30. The van der Waals surface area contributed by atoms with Gasteiger partial charge in [0.15, 0.2) is 0 Å². The van der Waals surface area contributed by atoms with E-state index in [0.717, 1.165) is 45.7 Å². The van der Waals surface area contributed by atoms with Gasteiger partial charge in [0, 0.05) is 45.9 Å². The number of carbonyl (C=O) groups excluding carboxylic acids is 1. The fourth-order valence-corrected chi connectivity index (χ4v) is 3.16. The van der Waals surface area contributed by atoms with Gasteiger partial charge in [0.1, 0.15) is 0 Å². The molecule has 1 amide bonds. The van der Waals surface area contributed by atoms with E-state index in [0.29, 0.717) is 12.6 Å². The molecule has 2 saturated heterocycles. The third kappa shape index (κ3) is 3.64. The van der Waals surface area contributed by atoms with E-state index in [2.05, 4.69) is 24.1 Å². The van der Waals surface area contributed by atoms with Gasteiger partial charge in [-0.05, 0) is 26.8 Å². The van der Waals surface area contributed by atoms with Gasteiger partial charge < -0.3 is 15.0 Å². The molecule has 0 radical (unpaired) electrons. The maximum absolute atomic E-state index is 12.8. The second-order valence-electron chi connectivity index (χ2n) is 6.06. The normalized spacial score (nSPS) is 27.7. The minimum atomic E-state index is -0.325. The molecule has 20 heavy (non-hydrogen) atoms. The van der Waals surface area contributed by atoms with Crippen molar-refractivity contribution in [3.05, 3.63) is 0 Å². The SMILES string of the molecule is COCC1(C(=O)N2CCN(C(C)C)CC2)CCNC1.Cl. The summed E-state index contributed by atoms with van der Waals surface area (Å²) in [7, 11) is 1.68. The van der Waals surface area contributed by atoms with Crippen molar-refractivity contribution in [2.45, 2.75) is 26.3 Å². The third-order valence-corrected chi connectivity index (χ3v) is 4.45. The Morgan fingerprint density at radius 1 is 1.30 bits per heavy atom. The van der Waals surface area contributed by atoms with Crippen LogP contribution in [0.25, 0.3) is 0 Å². The lowest BCUT2D eigenvalue weighted by atomic mass is 9.86. The molecule has 2 fully saturated rings. The van der Waals surface area contributed by atoms with Gasteiger partial charge in [-0.1, -0.05) is 0 Å². The molecule has 0 aliphatic carbocycles. The fraction of sp³-hybridized carbons (Fsp3) is 0.929. The summed E-state index contributed by atoms with van der Waals surface area (Å²) in [6, 6.07) is 0.568. The van der Waals surface area contributed by atoms with Crippen molar-refractivity contribution in [3.8, 4) is 0 Å². The van der Waals surface area contributed by atoms with E-state index in [1.54, 1.807) is 7.11 Å². The molecular formula is C14H28ClN3O2. The topological polar surface area (TPSA) is 44.8 Å². The molecule has 0 aromatic carbocycles. The monoisotopic (exact) mass is 305 g/mol. The van der Waals surface area contributed by atoms with E-state index < -0.39 is 0 Å². The number of piperazine rings is 1. The number of ether oxygens (including phenoxy) is 1. The van der Waals surface area contributed by atoms with Gasteiger partial charge >= 0.3 is 0 Å². The van der Waals surface area contributed by atoms with Crippen LogP contribution in [-0.2, 0) is 9.53 Å². The zero-order chi connectivity index (χ0) is 13.9. The van der Waals surface area contributed by atoms with Gasteiger partial charge in [0.25, 0.3) is 0 Å². The maximum Gasteiger partial charge on any atom is 0.232 e. The molecule has 2 aliphatic heterocycles. The third-order valence-electron chi connectivity index (χ3n) is 4.45. The smallest absolute Gasteiger partial charge is 0.232 e. The number of hydrogen-bond acceptors (Lipinski definition) is 4. The van der Waals surface area contributed by atoms with Crippen LogP contribution in [0.2, 0.25) is 0 Å². The molecule has 5 nitrogen and oxygen atoms in total. The van der Waals surface area contributed by atoms with Crippen LogP contribution < -0.4 is 5.32 Å². The maximum atomic E-state index is 12.8. The van der Waals surface area contributed by atoms with E-state index in [-0.39, 0.29) is 23.7 Å². The largest absolute Gasteiger partial charge is 0.384 e. The standard InChI is InChI=1S/C14H27N3O2.ClH/c1-12(2)16-6-8-17(9-7-16)13(18)14(11-19-3)4-5-15-10-14;/h12,15H,4-11H2,1-3H3;1H. The van der Waals surface area contributed by atoms with Gasteiger partial charge in [-0.25, -0.2) is 0 Å². The van der Waals surface area contributed by atoms with E-state index >= 15 is 0 Å². The molecule has 6 heteroatoms. The minimum absolute atomic E-state index is 0. The Kier molecular flexibility index (Phi) is 6.72. The Bertz CT molecular complexity index is 312. The number of methoxy groups -OCH3 is 1. The van der Waals surface area contributed by atoms with Gasteiger partial charge in [-0.2, -0.15) is 0 Å². The van der Waals surface area contributed by atoms with Crippen molar-refractivity contribution >= 4 is 18.3 Å². The van der Waals surface area contributed by atoms with Crippen molar-refractivity contribution in [2.75, 3.05) is 53.0 Å². The van der Waals surface area contributed by atoms with Crippen LogP contribution >= 0.6 is 12.4 Å². The van der Waals surface area contributed by atoms with Gasteiger partial charge in [0.2, 0.25) is 5.91 Å². The molecule has 0 aromatic heterocycles. The van der Waals surface area contributed by atoms with Crippen LogP contribution in [0.15, 0.2) is 0 Å². The molecule has 1 unspecified atom stereocenters. The molecule has 118 valence electrons. The Morgan fingerprint density at radius 2 is 1.95 bits per heavy atom. The zero-order valence-corrected chi connectivity index (χ0v) is 13.7. The summed E-state index contributed by atoms with van der Waals surface area (Å²) in [4.78, 5) is 17.2. The van der Waals surface area contributed by atoms with E-state index in [4.69, 9.17) is 4.74 Å². The molecule has 0 saturated carbocycles. The van der Waals surface area contributed by atoms with Crippen LogP contribution in [0.4, 0.5) is 0 Å². The first-order chi connectivity index (χ1) is 9.09.